The van der Waals surface area contributed by atoms with Crippen LogP contribution < -0.4 is 5.32 Å². The number of hydrogen-bond acceptors (Lipinski definition) is 3. The van der Waals surface area contributed by atoms with Gasteiger partial charge in [0.2, 0.25) is 11.8 Å². The molecular weight excluding hydrogens is 371 g/mol. The number of likely N-dealkylation sites (tertiary alicyclic amines) is 1. The number of nitrogens with one attached hydrogen (secondary N) is 1. The first-order chi connectivity index (χ1) is 11.8. The molecule has 2 aliphatic rings. The molecule has 1 aromatic carbocycles. The van der Waals surface area contributed by atoms with Gasteiger partial charge < -0.3 is 15.1 Å². The second kappa shape index (κ2) is 8.26. The molecule has 0 bridgehead atoms. The molecule has 1 aromatic rings. The molecule has 2 amide bonds. The molecular formula is C17H21ClF3N3O2. The molecule has 144 valence electrons. The van der Waals surface area contributed by atoms with Gasteiger partial charge in [-0.3, -0.25) is 9.59 Å². The number of nitrogens with zero attached hydrogens (tertiary/aromatic N) is 2. The molecule has 0 aliphatic carbocycles. The SMILES string of the molecule is Cl.O=C1CC(C(=O)N2CCNCC2)CN1Cc1cccc(C(F)(F)F)c1. The minimum atomic E-state index is -4.41. The van der Waals surface area contributed by atoms with Gasteiger partial charge in [-0.2, -0.15) is 13.2 Å². The van der Waals surface area contributed by atoms with E-state index in [0.29, 0.717) is 18.7 Å². The van der Waals surface area contributed by atoms with Crippen molar-refractivity contribution in [2.45, 2.75) is 19.1 Å². The molecule has 2 saturated heterocycles. The van der Waals surface area contributed by atoms with Crippen molar-refractivity contribution in [1.82, 2.24) is 15.1 Å². The third-order valence-electron chi connectivity index (χ3n) is 4.62. The van der Waals surface area contributed by atoms with Gasteiger partial charge in [0, 0.05) is 45.7 Å². The first-order valence-electron chi connectivity index (χ1n) is 8.28. The van der Waals surface area contributed by atoms with Gasteiger partial charge in [-0.15, -0.1) is 12.4 Å². The summed E-state index contributed by atoms with van der Waals surface area (Å²) in [6.07, 6.45) is -4.28. The largest absolute Gasteiger partial charge is 0.416 e. The summed E-state index contributed by atoms with van der Waals surface area (Å²) in [7, 11) is 0. The fourth-order valence-electron chi connectivity index (χ4n) is 3.30. The molecule has 0 spiro atoms. The van der Waals surface area contributed by atoms with Gasteiger partial charge in [-0.25, -0.2) is 0 Å². The third-order valence-corrected chi connectivity index (χ3v) is 4.62. The molecule has 9 heteroatoms. The lowest BCUT2D eigenvalue weighted by Gasteiger charge is -2.29. The molecule has 1 N–H and O–H groups in total. The zero-order valence-electron chi connectivity index (χ0n) is 14.1. The lowest BCUT2D eigenvalue weighted by Crippen LogP contribution is -2.48. The van der Waals surface area contributed by atoms with Crippen LogP contribution in [0.1, 0.15) is 17.5 Å². The van der Waals surface area contributed by atoms with Crippen LogP contribution in [-0.2, 0) is 22.3 Å². The van der Waals surface area contributed by atoms with Crippen molar-refractivity contribution in [3.8, 4) is 0 Å². The van der Waals surface area contributed by atoms with Crippen LogP contribution in [0.2, 0.25) is 0 Å². The molecule has 2 heterocycles. The summed E-state index contributed by atoms with van der Waals surface area (Å²) in [5.41, 5.74) is -0.316. The number of carbonyl (C=O) groups excluding carboxylic acids is 2. The number of hydrogen-bond donors (Lipinski definition) is 1. The van der Waals surface area contributed by atoms with Crippen LogP contribution in [0.5, 0.6) is 0 Å². The first-order valence-corrected chi connectivity index (χ1v) is 8.28. The van der Waals surface area contributed by atoms with E-state index in [1.807, 2.05) is 0 Å². The Morgan fingerprint density at radius 2 is 1.92 bits per heavy atom. The van der Waals surface area contributed by atoms with Crippen LogP contribution in [0.25, 0.3) is 0 Å². The van der Waals surface area contributed by atoms with Crippen LogP contribution in [0.4, 0.5) is 13.2 Å². The van der Waals surface area contributed by atoms with Crippen LogP contribution in [0.3, 0.4) is 0 Å². The predicted octanol–water partition coefficient (Wildman–Crippen LogP) is 1.91. The van der Waals surface area contributed by atoms with E-state index in [-0.39, 0.29) is 43.7 Å². The Bertz CT molecular complexity index is 663. The predicted molar refractivity (Wildman–Crippen MR) is 91.7 cm³/mol. The number of rotatable bonds is 3. The fraction of sp³-hybridized carbons (Fsp3) is 0.529. The lowest BCUT2D eigenvalue weighted by atomic mass is 10.1. The van der Waals surface area contributed by atoms with Gasteiger partial charge in [0.15, 0.2) is 0 Å². The number of carbonyl (C=O) groups is 2. The van der Waals surface area contributed by atoms with E-state index in [0.717, 1.165) is 25.2 Å². The molecule has 1 unspecified atom stereocenters. The molecule has 0 radical (unpaired) electrons. The minimum absolute atomic E-state index is 0. The van der Waals surface area contributed by atoms with Crippen molar-refractivity contribution in [1.29, 1.82) is 0 Å². The van der Waals surface area contributed by atoms with Crippen molar-refractivity contribution >= 4 is 24.2 Å². The Labute approximate surface area is 155 Å². The Kier molecular flexibility index (Phi) is 6.52. The van der Waals surface area contributed by atoms with Crippen molar-refractivity contribution < 1.29 is 22.8 Å². The zero-order valence-corrected chi connectivity index (χ0v) is 14.9. The van der Waals surface area contributed by atoms with E-state index in [1.54, 1.807) is 11.0 Å². The van der Waals surface area contributed by atoms with Crippen molar-refractivity contribution in [2.24, 2.45) is 5.92 Å². The second-order valence-electron chi connectivity index (χ2n) is 6.45. The Morgan fingerprint density at radius 1 is 1.23 bits per heavy atom. The average molecular weight is 392 g/mol. The third kappa shape index (κ3) is 4.67. The highest BCUT2D eigenvalue weighted by atomic mass is 35.5. The number of benzene rings is 1. The van der Waals surface area contributed by atoms with Gasteiger partial charge in [0.25, 0.3) is 0 Å². The summed E-state index contributed by atoms with van der Waals surface area (Å²) in [5, 5.41) is 3.16. The highest BCUT2D eigenvalue weighted by molar-refractivity contribution is 5.89. The minimum Gasteiger partial charge on any atom is -0.340 e. The summed E-state index contributed by atoms with van der Waals surface area (Å²) < 4.78 is 38.4. The molecule has 2 aliphatic heterocycles. The van der Waals surface area contributed by atoms with Crippen LogP contribution in [-0.4, -0.2) is 54.3 Å². The van der Waals surface area contributed by atoms with Crippen molar-refractivity contribution in [3.05, 3.63) is 35.4 Å². The molecule has 5 nitrogen and oxygen atoms in total. The van der Waals surface area contributed by atoms with E-state index in [1.165, 1.54) is 11.0 Å². The van der Waals surface area contributed by atoms with Gasteiger partial charge in [-0.05, 0) is 17.7 Å². The quantitative estimate of drug-likeness (QED) is 0.856. The smallest absolute Gasteiger partial charge is 0.340 e. The summed E-state index contributed by atoms with van der Waals surface area (Å²) in [6.45, 7) is 3.07. The van der Waals surface area contributed by atoms with Gasteiger partial charge >= 0.3 is 6.18 Å². The molecule has 0 aromatic heterocycles. The normalized spacial score (nSPS) is 20.9. The van der Waals surface area contributed by atoms with Gasteiger partial charge in [-0.1, -0.05) is 12.1 Å². The monoisotopic (exact) mass is 391 g/mol. The van der Waals surface area contributed by atoms with Crippen LogP contribution in [0, 0.1) is 5.92 Å². The summed E-state index contributed by atoms with van der Waals surface area (Å²) >= 11 is 0. The number of alkyl halides is 3. The number of amides is 2. The first kappa shape index (κ1) is 20.5. The van der Waals surface area contributed by atoms with Crippen molar-refractivity contribution in [2.75, 3.05) is 32.7 Å². The Balaban J connectivity index is 0.00000243. The summed E-state index contributed by atoms with van der Waals surface area (Å²) in [5.74, 6) is -0.635. The molecule has 0 saturated carbocycles. The fourth-order valence-corrected chi connectivity index (χ4v) is 3.30. The summed E-state index contributed by atoms with van der Waals surface area (Å²) in [6, 6.07) is 4.96. The maximum absolute atomic E-state index is 12.8. The van der Waals surface area contributed by atoms with E-state index >= 15 is 0 Å². The van der Waals surface area contributed by atoms with Gasteiger partial charge in [0.1, 0.15) is 0 Å². The summed E-state index contributed by atoms with van der Waals surface area (Å²) in [4.78, 5) is 27.9. The highest BCUT2D eigenvalue weighted by Crippen LogP contribution is 2.30. The number of piperazine rings is 1. The Morgan fingerprint density at radius 3 is 2.58 bits per heavy atom. The Hall–Kier alpha value is -1.80. The van der Waals surface area contributed by atoms with E-state index < -0.39 is 17.7 Å². The molecule has 2 fully saturated rings. The number of halogens is 4. The lowest BCUT2D eigenvalue weighted by molar-refractivity contribution is -0.137. The van der Waals surface area contributed by atoms with E-state index in [9.17, 15) is 22.8 Å². The van der Waals surface area contributed by atoms with Crippen LogP contribution >= 0.6 is 12.4 Å². The topological polar surface area (TPSA) is 52.7 Å². The van der Waals surface area contributed by atoms with Crippen LogP contribution in [0.15, 0.2) is 24.3 Å². The maximum Gasteiger partial charge on any atom is 0.416 e. The second-order valence-corrected chi connectivity index (χ2v) is 6.45. The highest BCUT2D eigenvalue weighted by Gasteiger charge is 2.37. The standard InChI is InChI=1S/C17H20F3N3O2.ClH/c18-17(19,20)14-3-1-2-12(8-14)10-23-11-13(9-15(23)24)16(25)22-6-4-21-5-7-22;/h1-3,8,13,21H,4-7,9-11H2;1H. The average Bonchev–Trinajstić information content (AvgIpc) is 2.95. The van der Waals surface area contributed by atoms with Crippen molar-refractivity contribution in [3.63, 3.8) is 0 Å². The molecule has 3 rings (SSSR count). The molecule has 1 atom stereocenters. The van der Waals surface area contributed by atoms with E-state index in [4.69, 9.17) is 0 Å². The maximum atomic E-state index is 12.8. The van der Waals surface area contributed by atoms with Gasteiger partial charge in [0.05, 0.1) is 11.5 Å². The zero-order chi connectivity index (χ0) is 18.0. The molecule has 26 heavy (non-hydrogen) atoms. The van der Waals surface area contributed by atoms with E-state index in [2.05, 4.69) is 5.32 Å².